The summed E-state index contributed by atoms with van der Waals surface area (Å²) in [4.78, 5) is 17.2. The second-order valence-corrected chi connectivity index (χ2v) is 8.38. The van der Waals surface area contributed by atoms with Crippen LogP contribution >= 0.6 is 11.3 Å². The highest BCUT2D eigenvalue weighted by atomic mass is 32.1. The zero-order valence-electron chi connectivity index (χ0n) is 17.6. The molecule has 1 amide bonds. The number of para-hydroxylation sites is 1. The summed E-state index contributed by atoms with van der Waals surface area (Å²) in [5.41, 5.74) is 3.02. The number of carbonyl (C=O) groups is 1. The van der Waals surface area contributed by atoms with Gasteiger partial charge in [-0.05, 0) is 35.7 Å². The molecule has 0 aliphatic carbocycles. The highest BCUT2D eigenvalue weighted by Gasteiger charge is 2.13. The van der Waals surface area contributed by atoms with Gasteiger partial charge in [-0.1, -0.05) is 36.4 Å². The van der Waals surface area contributed by atoms with Crippen LogP contribution in [0.3, 0.4) is 0 Å². The third-order valence-electron chi connectivity index (χ3n) is 5.33. The number of aromatic nitrogens is 1. The molecule has 0 atom stereocenters. The van der Waals surface area contributed by atoms with Crippen molar-refractivity contribution in [2.45, 2.75) is 13.1 Å². The number of hydrogen-bond donors (Lipinski definition) is 1. The Labute approximate surface area is 193 Å². The van der Waals surface area contributed by atoms with Gasteiger partial charge in [-0.2, -0.15) is 0 Å². The zero-order chi connectivity index (χ0) is 22.6. The van der Waals surface area contributed by atoms with E-state index in [1.54, 1.807) is 36.7 Å². The van der Waals surface area contributed by atoms with Crippen LogP contribution in [-0.2, 0) is 13.1 Å². The Balaban J connectivity index is 1.40. The van der Waals surface area contributed by atoms with Crippen molar-refractivity contribution in [1.82, 2.24) is 9.88 Å². The molecule has 0 radical (unpaired) electrons. The van der Waals surface area contributed by atoms with Gasteiger partial charge in [0.15, 0.2) is 0 Å². The molecule has 0 spiro atoms. The number of benzene rings is 2. The van der Waals surface area contributed by atoms with Crippen molar-refractivity contribution < 1.29 is 13.6 Å². The fraction of sp³-hybridized carbons (Fsp3) is 0.0769. The predicted octanol–water partition coefficient (Wildman–Crippen LogP) is 6.16. The van der Waals surface area contributed by atoms with Crippen LogP contribution in [0, 0.1) is 5.82 Å². The third-order valence-corrected chi connectivity index (χ3v) is 6.15. The number of hydrogen-bond acceptors (Lipinski definition) is 4. The van der Waals surface area contributed by atoms with Crippen LogP contribution in [0.4, 0.5) is 9.39 Å². The quantitative estimate of drug-likeness (QED) is 0.297. The van der Waals surface area contributed by atoms with Crippen molar-refractivity contribution in [3.05, 3.63) is 113 Å². The molecule has 5 rings (SSSR count). The number of carbonyl (C=O) groups excluding carboxylic acids is 1. The lowest BCUT2D eigenvalue weighted by atomic mass is 10.2. The maximum Gasteiger partial charge on any atom is 0.254 e. The van der Waals surface area contributed by atoms with Crippen molar-refractivity contribution >= 4 is 39.4 Å². The van der Waals surface area contributed by atoms with E-state index >= 15 is 0 Å². The van der Waals surface area contributed by atoms with Crippen molar-refractivity contribution in [3.63, 3.8) is 0 Å². The average Bonchev–Trinajstić information content (AvgIpc) is 3.58. The molecule has 0 saturated carbocycles. The molecular formula is C26H20FN3O2S. The highest BCUT2D eigenvalue weighted by molar-refractivity contribution is 7.14. The van der Waals surface area contributed by atoms with E-state index < -0.39 is 0 Å². The smallest absolute Gasteiger partial charge is 0.254 e. The molecule has 164 valence electrons. The van der Waals surface area contributed by atoms with Gasteiger partial charge in [-0.3, -0.25) is 4.79 Å². The molecule has 5 nitrogen and oxygen atoms in total. The van der Waals surface area contributed by atoms with E-state index in [2.05, 4.69) is 10.3 Å². The minimum absolute atomic E-state index is 0.207. The molecule has 5 aromatic rings. The standard InChI is InChI=1S/C26H20FN3O2S/c27-23-9-3-1-6-18(23)16-30-17-19(21-8-2-4-10-24(21)30)14-29-26-22(11-13-33-26)25(31)28-15-20-7-5-12-32-20/h1-14,17H,15-16H2,(H,28,31). The molecule has 0 aliphatic heterocycles. The zero-order valence-corrected chi connectivity index (χ0v) is 18.4. The number of furan rings is 1. The molecule has 3 aromatic heterocycles. The normalized spacial score (nSPS) is 11.4. The number of amides is 1. The van der Waals surface area contributed by atoms with Gasteiger partial charge in [-0.15, -0.1) is 11.3 Å². The monoisotopic (exact) mass is 457 g/mol. The van der Waals surface area contributed by atoms with Crippen molar-refractivity contribution in [2.75, 3.05) is 0 Å². The Bertz CT molecular complexity index is 1430. The summed E-state index contributed by atoms with van der Waals surface area (Å²) in [6, 6.07) is 20.1. The van der Waals surface area contributed by atoms with Crippen molar-refractivity contribution in [1.29, 1.82) is 0 Å². The summed E-state index contributed by atoms with van der Waals surface area (Å²) >= 11 is 1.40. The second kappa shape index (κ2) is 9.26. The molecule has 0 saturated heterocycles. The Hall–Kier alpha value is -3.97. The lowest BCUT2D eigenvalue weighted by Gasteiger charge is -2.06. The lowest BCUT2D eigenvalue weighted by Crippen LogP contribution is -2.22. The SMILES string of the molecule is O=C(NCc1ccco1)c1ccsc1N=Cc1cn(Cc2ccccc2F)c2ccccc12. The van der Waals surface area contributed by atoms with Gasteiger partial charge in [0.1, 0.15) is 16.6 Å². The Kier molecular flexibility index (Phi) is 5.87. The molecule has 0 fully saturated rings. The fourth-order valence-corrected chi connectivity index (χ4v) is 4.43. The van der Waals surface area contributed by atoms with Crippen LogP contribution in [-0.4, -0.2) is 16.7 Å². The number of nitrogens with zero attached hydrogens (tertiary/aromatic N) is 2. The van der Waals surface area contributed by atoms with E-state index in [0.29, 0.717) is 35.0 Å². The summed E-state index contributed by atoms with van der Waals surface area (Å²) in [6.45, 7) is 0.731. The number of nitrogens with one attached hydrogen (secondary N) is 1. The van der Waals surface area contributed by atoms with E-state index in [0.717, 1.165) is 16.5 Å². The van der Waals surface area contributed by atoms with E-state index in [9.17, 15) is 9.18 Å². The Morgan fingerprint density at radius 3 is 2.79 bits per heavy atom. The summed E-state index contributed by atoms with van der Waals surface area (Å²) in [6.07, 6.45) is 5.30. The fourth-order valence-electron chi connectivity index (χ4n) is 3.70. The van der Waals surface area contributed by atoms with Gasteiger partial charge in [0.05, 0.1) is 24.9 Å². The molecular weight excluding hydrogens is 437 g/mol. The van der Waals surface area contributed by atoms with Gasteiger partial charge in [0.2, 0.25) is 0 Å². The largest absolute Gasteiger partial charge is 0.467 e. The molecule has 0 aliphatic rings. The number of fused-ring (bicyclic) bond motifs is 1. The van der Waals surface area contributed by atoms with Crippen LogP contribution in [0.5, 0.6) is 0 Å². The molecule has 0 unspecified atom stereocenters. The van der Waals surface area contributed by atoms with Crippen molar-refractivity contribution in [2.24, 2.45) is 4.99 Å². The maximum absolute atomic E-state index is 14.2. The van der Waals surface area contributed by atoms with Gasteiger partial charge in [0, 0.05) is 34.4 Å². The number of rotatable bonds is 7. The first-order valence-electron chi connectivity index (χ1n) is 10.4. The summed E-state index contributed by atoms with van der Waals surface area (Å²) in [5, 5.41) is 6.33. The average molecular weight is 458 g/mol. The lowest BCUT2D eigenvalue weighted by molar-refractivity contribution is 0.0949. The molecule has 0 bridgehead atoms. The highest BCUT2D eigenvalue weighted by Crippen LogP contribution is 2.28. The van der Waals surface area contributed by atoms with Crippen LogP contribution < -0.4 is 5.32 Å². The Morgan fingerprint density at radius 2 is 1.94 bits per heavy atom. The van der Waals surface area contributed by atoms with E-state index in [-0.39, 0.29) is 11.7 Å². The number of halogens is 1. The van der Waals surface area contributed by atoms with Crippen LogP contribution in [0.2, 0.25) is 0 Å². The molecule has 1 N–H and O–H groups in total. The second-order valence-electron chi connectivity index (χ2n) is 7.48. The predicted molar refractivity (Wildman–Crippen MR) is 129 cm³/mol. The maximum atomic E-state index is 14.2. The van der Waals surface area contributed by atoms with E-state index in [1.165, 1.54) is 17.4 Å². The number of aliphatic imine (C=N–C) groups is 1. The minimum atomic E-state index is -0.228. The minimum Gasteiger partial charge on any atom is -0.467 e. The molecule has 3 heterocycles. The van der Waals surface area contributed by atoms with Gasteiger partial charge in [-0.25, -0.2) is 9.38 Å². The molecule has 7 heteroatoms. The molecule has 2 aromatic carbocycles. The summed E-state index contributed by atoms with van der Waals surface area (Å²) in [5.74, 6) is 0.252. The number of thiophene rings is 1. The third kappa shape index (κ3) is 4.49. The van der Waals surface area contributed by atoms with Crippen LogP contribution in [0.1, 0.15) is 27.2 Å². The first-order chi connectivity index (χ1) is 16.2. The Morgan fingerprint density at radius 1 is 1.09 bits per heavy atom. The van der Waals surface area contributed by atoms with E-state index in [1.807, 2.05) is 52.5 Å². The summed E-state index contributed by atoms with van der Waals surface area (Å²) < 4.78 is 21.5. The topological polar surface area (TPSA) is 59.5 Å². The molecule has 33 heavy (non-hydrogen) atoms. The first-order valence-corrected chi connectivity index (χ1v) is 11.3. The van der Waals surface area contributed by atoms with Crippen LogP contribution in [0.15, 0.2) is 94.0 Å². The van der Waals surface area contributed by atoms with Crippen molar-refractivity contribution in [3.8, 4) is 0 Å². The summed E-state index contributed by atoms with van der Waals surface area (Å²) in [7, 11) is 0. The van der Waals surface area contributed by atoms with Crippen LogP contribution in [0.25, 0.3) is 10.9 Å². The van der Waals surface area contributed by atoms with E-state index in [4.69, 9.17) is 4.42 Å². The first kappa shape index (κ1) is 20.9. The van der Waals surface area contributed by atoms with Gasteiger partial charge >= 0.3 is 0 Å². The van der Waals surface area contributed by atoms with Gasteiger partial charge < -0.3 is 14.3 Å². The van der Waals surface area contributed by atoms with Gasteiger partial charge in [0.25, 0.3) is 5.91 Å².